The zero-order valence-corrected chi connectivity index (χ0v) is 27.0. The molecule has 0 spiro atoms. The summed E-state index contributed by atoms with van der Waals surface area (Å²) in [5, 5.41) is 12.8. The van der Waals surface area contributed by atoms with Crippen molar-refractivity contribution < 1.29 is 34.4 Å². The molecule has 1 N–H and O–H groups in total. The molecule has 0 fully saturated rings. The molecule has 6 aromatic rings. The second-order valence-electron chi connectivity index (χ2n) is 11.4. The average molecular weight is 734 g/mol. The summed E-state index contributed by atoms with van der Waals surface area (Å²) < 4.78 is 5.69. The monoisotopic (exact) mass is 734 g/mol. The fourth-order valence-electron chi connectivity index (χ4n) is 4.93. The summed E-state index contributed by atoms with van der Waals surface area (Å²) in [5.41, 5.74) is 8.26. The summed E-state index contributed by atoms with van der Waals surface area (Å²) in [6.45, 7) is 11.6. The molecule has 0 amide bonds. The van der Waals surface area contributed by atoms with Crippen LogP contribution in [0.4, 0.5) is 0 Å². The molecule has 42 heavy (non-hydrogen) atoms. The number of rotatable bonds is 3. The summed E-state index contributed by atoms with van der Waals surface area (Å²) in [6, 6.07) is 25.1. The van der Waals surface area contributed by atoms with Crippen molar-refractivity contribution in [1.82, 2.24) is 9.97 Å². The van der Waals surface area contributed by atoms with Crippen LogP contribution in [-0.4, -0.2) is 20.9 Å². The van der Waals surface area contributed by atoms with Gasteiger partial charge in [-0.1, -0.05) is 97.8 Å². The molecular weight excluding hydrogens is 701 g/mol. The van der Waals surface area contributed by atoms with Crippen molar-refractivity contribution in [3.8, 4) is 22.4 Å². The van der Waals surface area contributed by atoms with Gasteiger partial charge in [0.15, 0.2) is 5.78 Å². The van der Waals surface area contributed by atoms with Crippen molar-refractivity contribution in [2.45, 2.75) is 47.0 Å². The van der Waals surface area contributed by atoms with Gasteiger partial charge in [-0.05, 0) is 59.2 Å². The number of aliphatic hydroxyl groups is 1. The van der Waals surface area contributed by atoms with Crippen molar-refractivity contribution in [2.75, 3.05) is 0 Å². The number of pyridine rings is 2. The molecule has 0 unspecified atom stereocenters. The average Bonchev–Trinajstić information content (AvgIpc) is 3.40. The van der Waals surface area contributed by atoms with Gasteiger partial charge in [-0.3, -0.25) is 14.8 Å². The standard InChI is InChI=1S/C31H25N2O.C5H8O2.Ir/c1-19-14-27-26(16-21-12-13-34-30(21)29(27)33-17-19)28-11-8-22(18-32-28)24-7-5-6-20-15-23(31(2,3)4)9-10-25(20)24;1-4(6)3-5(2)7;/h5-15,17-18H,1-4H3;3,6H,1-2H3;/q-1;;/b;4-3-;. The molecule has 0 aliphatic carbocycles. The van der Waals surface area contributed by atoms with E-state index in [2.05, 4.69) is 86.4 Å². The van der Waals surface area contributed by atoms with E-state index in [0.29, 0.717) is 0 Å². The van der Waals surface area contributed by atoms with Crippen molar-refractivity contribution in [1.29, 1.82) is 0 Å². The molecule has 3 heterocycles. The molecule has 6 heteroatoms. The normalized spacial score (nSPS) is 11.7. The topological polar surface area (TPSA) is 76.2 Å². The zero-order valence-electron chi connectivity index (χ0n) is 24.6. The molecule has 0 saturated carbocycles. The van der Waals surface area contributed by atoms with E-state index in [-0.39, 0.29) is 37.1 Å². The van der Waals surface area contributed by atoms with Gasteiger partial charge >= 0.3 is 0 Å². The van der Waals surface area contributed by atoms with Crippen LogP contribution >= 0.6 is 0 Å². The van der Waals surface area contributed by atoms with Crippen molar-refractivity contribution in [3.63, 3.8) is 0 Å². The molecule has 0 bridgehead atoms. The summed E-state index contributed by atoms with van der Waals surface area (Å²) in [7, 11) is 0. The molecule has 6 rings (SSSR count). The predicted octanol–water partition coefficient (Wildman–Crippen LogP) is 9.30. The number of aliphatic hydroxyl groups excluding tert-OH is 1. The van der Waals surface area contributed by atoms with Gasteiger partial charge in [0.1, 0.15) is 0 Å². The Morgan fingerprint density at radius 1 is 0.952 bits per heavy atom. The number of carbonyl (C=O) groups excluding carboxylic acids is 1. The summed E-state index contributed by atoms with van der Waals surface area (Å²) in [6.07, 6.45) is 6.69. The number of fused-ring (bicyclic) bond motifs is 4. The Balaban J connectivity index is 0.000000454. The maximum absolute atomic E-state index is 10.0. The van der Waals surface area contributed by atoms with Crippen LogP contribution in [-0.2, 0) is 30.3 Å². The van der Waals surface area contributed by atoms with E-state index in [0.717, 1.165) is 44.3 Å². The molecule has 3 aromatic heterocycles. The first-order valence-electron chi connectivity index (χ1n) is 13.6. The van der Waals surface area contributed by atoms with Crippen LogP contribution in [0.3, 0.4) is 0 Å². The molecule has 3 aromatic carbocycles. The Morgan fingerprint density at radius 2 is 1.74 bits per heavy atom. The van der Waals surface area contributed by atoms with Crippen LogP contribution in [0.2, 0.25) is 0 Å². The number of hydrogen-bond acceptors (Lipinski definition) is 5. The van der Waals surface area contributed by atoms with E-state index in [4.69, 9.17) is 14.5 Å². The molecule has 215 valence electrons. The first-order chi connectivity index (χ1) is 19.5. The van der Waals surface area contributed by atoms with Crippen LogP contribution in [0.5, 0.6) is 0 Å². The number of furan rings is 1. The van der Waals surface area contributed by atoms with Crippen LogP contribution in [0.15, 0.2) is 95.6 Å². The van der Waals surface area contributed by atoms with Crippen LogP contribution in [0.1, 0.15) is 45.7 Å². The molecule has 0 saturated heterocycles. The summed E-state index contributed by atoms with van der Waals surface area (Å²) in [5.74, 6) is -0.0625. The van der Waals surface area contributed by atoms with Gasteiger partial charge in [0.2, 0.25) is 0 Å². The molecule has 5 nitrogen and oxygen atoms in total. The molecule has 0 aliphatic rings. The Labute approximate surface area is 259 Å². The predicted molar refractivity (Wildman–Crippen MR) is 167 cm³/mol. The minimum atomic E-state index is -0.125. The first-order valence-corrected chi connectivity index (χ1v) is 13.6. The van der Waals surface area contributed by atoms with Gasteiger partial charge < -0.3 is 9.52 Å². The van der Waals surface area contributed by atoms with Crippen LogP contribution in [0, 0.1) is 13.0 Å². The van der Waals surface area contributed by atoms with E-state index >= 15 is 0 Å². The van der Waals surface area contributed by atoms with E-state index in [9.17, 15) is 4.79 Å². The maximum Gasteiger partial charge on any atom is 0.155 e. The van der Waals surface area contributed by atoms with Crippen LogP contribution < -0.4 is 0 Å². The number of nitrogens with zero attached hydrogens (tertiary/aromatic N) is 2. The number of aryl methyl sites for hydroxylation is 1. The van der Waals surface area contributed by atoms with Gasteiger partial charge in [-0.15, -0.1) is 6.07 Å². The van der Waals surface area contributed by atoms with Crippen LogP contribution in [0.25, 0.3) is 55.0 Å². The van der Waals surface area contributed by atoms with E-state index in [1.807, 2.05) is 25.4 Å². The zero-order chi connectivity index (χ0) is 29.3. The number of aromatic nitrogens is 2. The van der Waals surface area contributed by atoms with Gasteiger partial charge in [-0.25, -0.2) is 0 Å². The third kappa shape index (κ3) is 6.51. The van der Waals surface area contributed by atoms with Gasteiger partial charge in [0, 0.05) is 56.0 Å². The molecule has 1 radical (unpaired) electrons. The molecule has 0 atom stereocenters. The molecular formula is C36H33IrN2O3-. The number of hydrogen-bond donors (Lipinski definition) is 1. The van der Waals surface area contributed by atoms with Crippen molar-refractivity contribution in [2.24, 2.45) is 0 Å². The summed E-state index contributed by atoms with van der Waals surface area (Å²) >= 11 is 0. The Kier molecular flexibility index (Phi) is 9.10. The second kappa shape index (κ2) is 12.4. The van der Waals surface area contributed by atoms with E-state index in [1.165, 1.54) is 41.8 Å². The smallest absolute Gasteiger partial charge is 0.155 e. The second-order valence-corrected chi connectivity index (χ2v) is 11.4. The fourth-order valence-corrected chi connectivity index (χ4v) is 4.93. The third-order valence-corrected chi connectivity index (χ3v) is 6.92. The third-order valence-electron chi connectivity index (χ3n) is 6.92. The minimum Gasteiger partial charge on any atom is -0.512 e. The van der Waals surface area contributed by atoms with E-state index < -0.39 is 0 Å². The Hall–Kier alpha value is -4.12. The SMILES string of the molecule is CC(=O)/C=C(/C)O.Cc1cnc2c(c1)c(-c1ccc(-c3cccc4cc(C(C)(C)C)ccc34)cn1)[c-]c1ccoc12.[Ir]. The number of benzene rings is 3. The minimum absolute atomic E-state index is 0. The molecule has 0 aliphatic heterocycles. The Bertz CT molecular complexity index is 1930. The van der Waals surface area contributed by atoms with Crippen molar-refractivity contribution >= 4 is 38.4 Å². The van der Waals surface area contributed by atoms with Gasteiger partial charge in [0.25, 0.3) is 0 Å². The number of carbonyl (C=O) groups is 1. The maximum atomic E-state index is 10.0. The van der Waals surface area contributed by atoms with Crippen molar-refractivity contribution in [3.05, 3.63) is 108 Å². The number of ketones is 1. The quantitative estimate of drug-likeness (QED) is 0.112. The van der Waals surface area contributed by atoms with E-state index in [1.54, 1.807) is 6.26 Å². The first kappa shape index (κ1) is 30.8. The van der Waals surface area contributed by atoms with Gasteiger partial charge in [0.05, 0.1) is 11.3 Å². The summed E-state index contributed by atoms with van der Waals surface area (Å²) in [4.78, 5) is 19.5. The van der Waals surface area contributed by atoms with Gasteiger partial charge in [-0.2, -0.15) is 0 Å². The number of allylic oxidation sites excluding steroid dienone is 2. The fraction of sp³-hybridized carbons (Fsp3) is 0.194. The Morgan fingerprint density at radius 3 is 2.38 bits per heavy atom. The largest absolute Gasteiger partial charge is 0.512 e.